The molecule has 25 heavy (non-hydrogen) atoms. The van der Waals surface area contributed by atoms with Gasteiger partial charge in [0.05, 0.1) is 10.6 Å². The van der Waals surface area contributed by atoms with Gasteiger partial charge < -0.3 is 10.2 Å². The van der Waals surface area contributed by atoms with Gasteiger partial charge >= 0.3 is 0 Å². The van der Waals surface area contributed by atoms with Crippen molar-refractivity contribution >= 4 is 35.0 Å². The molecule has 1 N–H and O–H groups in total. The number of amides is 2. The van der Waals surface area contributed by atoms with Crippen LogP contribution in [0.25, 0.3) is 0 Å². The molecule has 0 radical (unpaired) electrons. The fourth-order valence-electron chi connectivity index (χ4n) is 2.98. The van der Waals surface area contributed by atoms with Crippen LogP contribution in [0.15, 0.2) is 48.5 Å². The lowest BCUT2D eigenvalue weighted by Gasteiger charge is -2.24. The Morgan fingerprint density at radius 2 is 1.80 bits per heavy atom. The maximum Gasteiger partial charge on any atom is 0.256 e. The number of hydrogen-bond donors (Lipinski definition) is 1. The van der Waals surface area contributed by atoms with E-state index in [1.165, 1.54) is 0 Å². The molecule has 1 aliphatic heterocycles. The largest absolute Gasteiger partial charge is 0.350 e. The molecule has 1 heterocycles. The number of benzene rings is 2. The van der Waals surface area contributed by atoms with E-state index in [-0.39, 0.29) is 11.8 Å². The summed E-state index contributed by atoms with van der Waals surface area (Å²) in [5.41, 5.74) is 1.39. The molecule has 0 aromatic heterocycles. The van der Waals surface area contributed by atoms with Crippen LogP contribution in [-0.2, 0) is 11.3 Å². The Kier molecular flexibility index (Phi) is 5.61. The maximum atomic E-state index is 12.7. The highest BCUT2D eigenvalue weighted by atomic mass is 35.5. The number of halogens is 2. The van der Waals surface area contributed by atoms with Gasteiger partial charge in [-0.05, 0) is 42.7 Å². The molecule has 2 amide bonds. The molecule has 0 aliphatic carbocycles. The zero-order chi connectivity index (χ0) is 17.8. The van der Waals surface area contributed by atoms with Gasteiger partial charge in [0.2, 0.25) is 5.91 Å². The monoisotopic (exact) mass is 376 g/mol. The summed E-state index contributed by atoms with van der Waals surface area (Å²) in [6.07, 6.45) is 1.46. The molecule has 6 heteroatoms. The topological polar surface area (TPSA) is 49.4 Å². The van der Waals surface area contributed by atoms with E-state index >= 15 is 0 Å². The Labute approximate surface area is 156 Å². The molecule has 0 saturated carbocycles. The summed E-state index contributed by atoms with van der Waals surface area (Å²) in [7, 11) is 0. The lowest BCUT2D eigenvalue weighted by Crippen LogP contribution is -2.45. The van der Waals surface area contributed by atoms with E-state index in [0.29, 0.717) is 35.1 Å². The normalized spacial score (nSPS) is 16.7. The fraction of sp³-hybridized carbons (Fsp3) is 0.263. The second-order valence-electron chi connectivity index (χ2n) is 5.98. The third-order valence-electron chi connectivity index (χ3n) is 4.30. The summed E-state index contributed by atoms with van der Waals surface area (Å²) in [4.78, 5) is 26.9. The average Bonchev–Trinajstić information content (AvgIpc) is 3.10. The average molecular weight is 377 g/mol. The lowest BCUT2D eigenvalue weighted by molar-refractivity contribution is -0.125. The van der Waals surface area contributed by atoms with Gasteiger partial charge in [0.15, 0.2) is 0 Å². The standard InChI is InChI=1S/C19H18Cl2N2O2/c20-14-9-7-13(8-10-14)12-22-18(24)17-6-3-11-23(17)19(25)15-4-1-2-5-16(15)21/h1-2,4-5,7-10,17H,3,6,11-12H2,(H,22,24)/t17-/m0/s1. The zero-order valence-electron chi connectivity index (χ0n) is 13.5. The predicted molar refractivity (Wildman–Crippen MR) is 98.8 cm³/mol. The van der Waals surface area contributed by atoms with Crippen LogP contribution in [0.3, 0.4) is 0 Å². The number of nitrogens with zero attached hydrogens (tertiary/aromatic N) is 1. The summed E-state index contributed by atoms with van der Waals surface area (Å²) >= 11 is 12.0. The van der Waals surface area contributed by atoms with Crippen molar-refractivity contribution in [2.45, 2.75) is 25.4 Å². The smallest absolute Gasteiger partial charge is 0.256 e. The van der Waals surface area contributed by atoms with Crippen LogP contribution in [0.1, 0.15) is 28.8 Å². The van der Waals surface area contributed by atoms with Crippen LogP contribution < -0.4 is 5.32 Å². The van der Waals surface area contributed by atoms with Crippen LogP contribution in [0, 0.1) is 0 Å². The van der Waals surface area contributed by atoms with Gasteiger partial charge in [-0.2, -0.15) is 0 Å². The van der Waals surface area contributed by atoms with Crippen molar-refractivity contribution in [2.75, 3.05) is 6.54 Å². The molecule has 4 nitrogen and oxygen atoms in total. The highest BCUT2D eigenvalue weighted by Gasteiger charge is 2.34. The number of carbonyl (C=O) groups excluding carboxylic acids is 2. The molecule has 1 atom stereocenters. The van der Waals surface area contributed by atoms with Crippen LogP contribution in [0.2, 0.25) is 10.0 Å². The van der Waals surface area contributed by atoms with Crippen molar-refractivity contribution in [3.63, 3.8) is 0 Å². The van der Waals surface area contributed by atoms with Crippen molar-refractivity contribution in [3.05, 3.63) is 69.7 Å². The first-order chi connectivity index (χ1) is 12.1. The van der Waals surface area contributed by atoms with E-state index in [4.69, 9.17) is 23.2 Å². The van der Waals surface area contributed by atoms with Gasteiger partial charge in [-0.3, -0.25) is 9.59 Å². The summed E-state index contributed by atoms with van der Waals surface area (Å²) < 4.78 is 0. The number of rotatable bonds is 4. The SMILES string of the molecule is O=C(NCc1ccc(Cl)cc1)[C@@H]1CCCN1C(=O)c1ccccc1Cl. The fourth-order valence-corrected chi connectivity index (χ4v) is 3.32. The van der Waals surface area contributed by atoms with Gasteiger partial charge in [-0.15, -0.1) is 0 Å². The maximum absolute atomic E-state index is 12.7. The molecule has 2 aromatic carbocycles. The van der Waals surface area contributed by atoms with E-state index in [2.05, 4.69) is 5.32 Å². The van der Waals surface area contributed by atoms with Crippen LogP contribution in [0.5, 0.6) is 0 Å². The molecule has 1 saturated heterocycles. The van der Waals surface area contributed by atoms with E-state index in [1.54, 1.807) is 41.3 Å². The Bertz CT molecular complexity index is 777. The van der Waals surface area contributed by atoms with Crippen LogP contribution in [0.4, 0.5) is 0 Å². The van der Waals surface area contributed by atoms with E-state index in [0.717, 1.165) is 12.0 Å². The van der Waals surface area contributed by atoms with Crippen LogP contribution >= 0.6 is 23.2 Å². The van der Waals surface area contributed by atoms with Gasteiger partial charge in [0.25, 0.3) is 5.91 Å². The number of hydrogen-bond acceptors (Lipinski definition) is 2. The Morgan fingerprint density at radius 1 is 1.08 bits per heavy atom. The van der Waals surface area contributed by atoms with Gasteiger partial charge in [0, 0.05) is 18.1 Å². The number of nitrogens with one attached hydrogen (secondary N) is 1. The summed E-state index contributed by atoms with van der Waals surface area (Å²) in [5.74, 6) is -0.345. The molecule has 0 spiro atoms. The molecule has 1 fully saturated rings. The van der Waals surface area contributed by atoms with E-state index in [9.17, 15) is 9.59 Å². The molecular formula is C19H18Cl2N2O2. The molecular weight excluding hydrogens is 359 g/mol. The highest BCUT2D eigenvalue weighted by Crippen LogP contribution is 2.24. The first-order valence-corrected chi connectivity index (χ1v) is 8.89. The number of carbonyl (C=O) groups is 2. The van der Waals surface area contributed by atoms with Crippen molar-refractivity contribution in [2.24, 2.45) is 0 Å². The third-order valence-corrected chi connectivity index (χ3v) is 4.88. The Hall–Kier alpha value is -2.04. The minimum Gasteiger partial charge on any atom is -0.350 e. The third kappa shape index (κ3) is 4.14. The van der Waals surface area contributed by atoms with E-state index in [1.807, 2.05) is 12.1 Å². The first kappa shape index (κ1) is 17.8. The second kappa shape index (κ2) is 7.89. The van der Waals surface area contributed by atoms with Crippen LogP contribution in [-0.4, -0.2) is 29.3 Å². The van der Waals surface area contributed by atoms with Crippen molar-refractivity contribution in [1.82, 2.24) is 10.2 Å². The minimum absolute atomic E-state index is 0.146. The molecule has 2 aromatic rings. The van der Waals surface area contributed by atoms with Gasteiger partial charge in [-0.25, -0.2) is 0 Å². The molecule has 0 bridgehead atoms. The quantitative estimate of drug-likeness (QED) is 0.878. The highest BCUT2D eigenvalue weighted by molar-refractivity contribution is 6.33. The Balaban J connectivity index is 1.66. The van der Waals surface area contributed by atoms with Crippen molar-refractivity contribution < 1.29 is 9.59 Å². The molecule has 1 aliphatic rings. The first-order valence-electron chi connectivity index (χ1n) is 8.14. The second-order valence-corrected chi connectivity index (χ2v) is 6.82. The minimum atomic E-state index is -0.462. The van der Waals surface area contributed by atoms with E-state index < -0.39 is 6.04 Å². The molecule has 0 unspecified atom stereocenters. The predicted octanol–water partition coefficient (Wildman–Crippen LogP) is 3.91. The number of likely N-dealkylation sites (tertiary alicyclic amines) is 1. The lowest BCUT2D eigenvalue weighted by atomic mass is 10.1. The molecule has 130 valence electrons. The Morgan fingerprint density at radius 3 is 2.52 bits per heavy atom. The zero-order valence-corrected chi connectivity index (χ0v) is 15.1. The van der Waals surface area contributed by atoms with Crippen molar-refractivity contribution in [1.29, 1.82) is 0 Å². The van der Waals surface area contributed by atoms with Gasteiger partial charge in [0.1, 0.15) is 6.04 Å². The summed E-state index contributed by atoms with van der Waals surface area (Å²) in [5, 5.41) is 3.96. The van der Waals surface area contributed by atoms with Crippen molar-refractivity contribution in [3.8, 4) is 0 Å². The summed E-state index contributed by atoms with van der Waals surface area (Å²) in [6, 6.07) is 13.7. The van der Waals surface area contributed by atoms with Gasteiger partial charge in [-0.1, -0.05) is 47.5 Å². The summed E-state index contributed by atoms with van der Waals surface area (Å²) in [6.45, 7) is 0.962. The molecule has 3 rings (SSSR count).